The van der Waals surface area contributed by atoms with Crippen LogP contribution in [0, 0.1) is 6.92 Å². The minimum Gasteiger partial charge on any atom is -0.493 e. The zero-order valence-electron chi connectivity index (χ0n) is 22.2. The molecule has 0 spiro atoms. The number of rotatable bonds is 5. The Labute approximate surface area is 227 Å². The molecule has 2 aromatic carbocycles. The molecule has 1 unspecified atom stereocenters. The van der Waals surface area contributed by atoms with Crippen molar-refractivity contribution in [3.8, 4) is 22.8 Å². The number of para-hydroxylation sites is 1. The Hall–Kier alpha value is -3.92. The molecule has 4 heterocycles. The predicted molar refractivity (Wildman–Crippen MR) is 150 cm³/mol. The maximum atomic E-state index is 14.3. The van der Waals surface area contributed by atoms with Crippen molar-refractivity contribution in [2.45, 2.75) is 32.2 Å². The Morgan fingerprint density at radius 2 is 1.85 bits per heavy atom. The molecule has 1 saturated heterocycles. The molecule has 1 atom stereocenters. The van der Waals surface area contributed by atoms with Gasteiger partial charge in [0.2, 0.25) is 0 Å². The number of benzene rings is 2. The number of methoxy groups -OCH3 is 2. The van der Waals surface area contributed by atoms with Crippen LogP contribution in [0.4, 0.5) is 5.69 Å². The number of carbonyl (C=O) groups is 1. The summed E-state index contributed by atoms with van der Waals surface area (Å²) < 4.78 is 37.3. The number of hydrogen-bond donors (Lipinski definition) is 0. The summed E-state index contributed by atoms with van der Waals surface area (Å²) in [6.07, 6.45) is 2.26. The van der Waals surface area contributed by atoms with E-state index in [-0.39, 0.29) is 23.5 Å². The summed E-state index contributed by atoms with van der Waals surface area (Å²) in [5.74, 6) is 1.12. The van der Waals surface area contributed by atoms with Crippen molar-refractivity contribution in [1.29, 1.82) is 0 Å². The molecule has 10 heteroatoms. The molecule has 2 aliphatic heterocycles. The number of carbonyl (C=O) groups excluding carboxylic acids is 1. The highest BCUT2D eigenvalue weighted by atomic mass is 32.2. The van der Waals surface area contributed by atoms with E-state index in [0.29, 0.717) is 52.4 Å². The predicted octanol–water partition coefficient (Wildman–Crippen LogP) is 4.38. The molecule has 1 fully saturated rings. The largest absolute Gasteiger partial charge is 0.493 e. The highest BCUT2D eigenvalue weighted by molar-refractivity contribution is 7.91. The van der Waals surface area contributed by atoms with Gasteiger partial charge in [-0.15, -0.1) is 0 Å². The molecule has 6 rings (SSSR count). The topological polar surface area (TPSA) is 104 Å². The lowest BCUT2D eigenvalue weighted by molar-refractivity contribution is 0.0986. The number of aromatic nitrogens is 3. The second-order valence-electron chi connectivity index (χ2n) is 10.1. The number of ether oxygens (including phenoxy) is 2. The van der Waals surface area contributed by atoms with E-state index in [1.807, 2.05) is 48.2 Å². The number of nitrogens with zero attached hydrogens (tertiary/aromatic N) is 4. The summed E-state index contributed by atoms with van der Waals surface area (Å²) in [7, 11) is -0.00837. The highest BCUT2D eigenvalue weighted by Crippen LogP contribution is 2.37. The van der Waals surface area contributed by atoms with Crippen LogP contribution in [0.5, 0.6) is 11.5 Å². The number of anilines is 1. The van der Waals surface area contributed by atoms with Gasteiger partial charge in [-0.25, -0.2) is 18.1 Å². The van der Waals surface area contributed by atoms with Crippen LogP contribution in [-0.4, -0.2) is 61.4 Å². The van der Waals surface area contributed by atoms with Gasteiger partial charge in [0.25, 0.3) is 5.91 Å². The zero-order valence-corrected chi connectivity index (χ0v) is 23.0. The lowest BCUT2D eigenvalue weighted by Crippen LogP contribution is -2.35. The molecule has 2 aliphatic rings. The number of sulfone groups is 1. The molecule has 2 aromatic heterocycles. The van der Waals surface area contributed by atoms with Gasteiger partial charge in [0.05, 0.1) is 54.1 Å². The number of pyridine rings is 1. The molecule has 1 amide bonds. The second-order valence-corrected chi connectivity index (χ2v) is 12.3. The molecule has 0 aliphatic carbocycles. The fourth-order valence-corrected chi connectivity index (χ4v) is 7.43. The van der Waals surface area contributed by atoms with Gasteiger partial charge in [-0.05, 0) is 62.1 Å². The quantitative estimate of drug-likeness (QED) is 0.366. The van der Waals surface area contributed by atoms with Crippen LogP contribution in [0.3, 0.4) is 0 Å². The second kappa shape index (κ2) is 9.68. The van der Waals surface area contributed by atoms with Crippen molar-refractivity contribution in [1.82, 2.24) is 14.8 Å². The normalized spacial score (nSPS) is 18.2. The first-order chi connectivity index (χ1) is 18.8. The maximum absolute atomic E-state index is 14.3. The van der Waals surface area contributed by atoms with Crippen LogP contribution >= 0.6 is 0 Å². The van der Waals surface area contributed by atoms with Gasteiger partial charge in [-0.3, -0.25) is 4.79 Å². The van der Waals surface area contributed by atoms with Gasteiger partial charge in [0, 0.05) is 17.8 Å². The van der Waals surface area contributed by atoms with Gasteiger partial charge in [-0.2, -0.15) is 5.10 Å². The van der Waals surface area contributed by atoms with Gasteiger partial charge in [0.1, 0.15) is 0 Å². The van der Waals surface area contributed by atoms with E-state index in [1.54, 1.807) is 25.0 Å². The third kappa shape index (κ3) is 4.42. The smallest absolute Gasteiger partial charge is 0.259 e. The van der Waals surface area contributed by atoms with E-state index >= 15 is 0 Å². The van der Waals surface area contributed by atoms with Gasteiger partial charge < -0.3 is 14.4 Å². The fraction of sp³-hybridized carbons (Fsp3) is 0.345. The Bertz CT molecular complexity index is 1710. The molecular weight excluding hydrogens is 516 g/mol. The van der Waals surface area contributed by atoms with E-state index < -0.39 is 9.84 Å². The van der Waals surface area contributed by atoms with Crippen molar-refractivity contribution in [2.75, 3.05) is 37.2 Å². The number of aryl methyl sites for hydroxylation is 2. The molecule has 0 radical (unpaired) electrons. The molecular formula is C29H30N4O5S. The SMILES string of the molecule is COc1ccc(-c2cc(C(=O)N3CCCc4ccccc43)c3c(C)nn(C4CCS(=O)(=O)C4)c3n2)cc1OC. The number of amides is 1. The summed E-state index contributed by atoms with van der Waals surface area (Å²) >= 11 is 0. The summed E-state index contributed by atoms with van der Waals surface area (Å²) in [6, 6.07) is 15.0. The summed E-state index contributed by atoms with van der Waals surface area (Å²) in [4.78, 5) is 21.1. The Morgan fingerprint density at radius 1 is 1.05 bits per heavy atom. The molecule has 9 nitrogen and oxygen atoms in total. The third-order valence-corrected chi connectivity index (χ3v) is 9.41. The summed E-state index contributed by atoms with van der Waals surface area (Å²) in [5.41, 5.74) is 5.02. The summed E-state index contributed by atoms with van der Waals surface area (Å²) in [6.45, 7) is 2.46. The van der Waals surface area contributed by atoms with E-state index in [1.165, 1.54) is 0 Å². The lowest BCUT2D eigenvalue weighted by Gasteiger charge is -2.29. The molecule has 202 valence electrons. The van der Waals surface area contributed by atoms with Crippen LogP contribution in [-0.2, 0) is 16.3 Å². The van der Waals surface area contributed by atoms with Gasteiger partial charge >= 0.3 is 0 Å². The average Bonchev–Trinajstić information content (AvgIpc) is 3.49. The van der Waals surface area contributed by atoms with Gasteiger partial charge in [0.15, 0.2) is 27.0 Å². The maximum Gasteiger partial charge on any atom is 0.259 e. The van der Waals surface area contributed by atoms with E-state index in [0.717, 1.165) is 29.7 Å². The van der Waals surface area contributed by atoms with Crippen molar-refractivity contribution < 1.29 is 22.7 Å². The van der Waals surface area contributed by atoms with E-state index in [4.69, 9.17) is 19.6 Å². The van der Waals surface area contributed by atoms with E-state index in [2.05, 4.69) is 6.07 Å². The molecule has 0 saturated carbocycles. The monoisotopic (exact) mass is 546 g/mol. The third-order valence-electron chi connectivity index (χ3n) is 7.66. The molecule has 4 aromatic rings. The Balaban J connectivity index is 1.56. The highest BCUT2D eigenvalue weighted by Gasteiger charge is 2.33. The van der Waals surface area contributed by atoms with Crippen LogP contribution in [0.2, 0.25) is 0 Å². The van der Waals surface area contributed by atoms with Crippen LogP contribution < -0.4 is 14.4 Å². The molecule has 39 heavy (non-hydrogen) atoms. The van der Waals surface area contributed by atoms with Crippen LogP contribution in [0.25, 0.3) is 22.3 Å². The van der Waals surface area contributed by atoms with E-state index in [9.17, 15) is 13.2 Å². The van der Waals surface area contributed by atoms with Gasteiger partial charge in [-0.1, -0.05) is 18.2 Å². The van der Waals surface area contributed by atoms with Crippen LogP contribution in [0.1, 0.15) is 40.5 Å². The molecule has 0 bridgehead atoms. The number of hydrogen-bond acceptors (Lipinski definition) is 7. The van der Waals surface area contributed by atoms with Crippen molar-refractivity contribution in [3.05, 3.63) is 65.4 Å². The Morgan fingerprint density at radius 3 is 2.59 bits per heavy atom. The molecule has 0 N–H and O–H groups in total. The van der Waals surface area contributed by atoms with Crippen molar-refractivity contribution in [3.63, 3.8) is 0 Å². The fourth-order valence-electron chi connectivity index (χ4n) is 5.74. The van der Waals surface area contributed by atoms with Crippen molar-refractivity contribution in [2.24, 2.45) is 0 Å². The number of fused-ring (bicyclic) bond motifs is 2. The minimum absolute atomic E-state index is 0.00820. The lowest BCUT2D eigenvalue weighted by atomic mass is 9.99. The Kier molecular flexibility index (Phi) is 6.29. The first-order valence-electron chi connectivity index (χ1n) is 13.0. The first kappa shape index (κ1) is 25.4. The van der Waals surface area contributed by atoms with Crippen LogP contribution in [0.15, 0.2) is 48.5 Å². The first-order valence-corrected chi connectivity index (χ1v) is 14.8. The standard InChI is InChI=1S/C29H30N4O5S/c1-18-27-22(29(34)32-13-6-8-19-7-4-5-9-24(19)32)16-23(20-10-11-25(37-2)26(15-20)38-3)30-28(27)33(31-18)21-12-14-39(35,36)17-21/h4-5,7,9-11,15-16,21H,6,8,12-14,17H2,1-3H3. The van der Waals surface area contributed by atoms with Crippen molar-refractivity contribution >= 4 is 32.5 Å². The zero-order chi connectivity index (χ0) is 27.3. The average molecular weight is 547 g/mol. The summed E-state index contributed by atoms with van der Waals surface area (Å²) in [5, 5.41) is 5.39. The minimum atomic E-state index is -3.15.